The fraction of sp³-hybridized carbons (Fsp3) is 0.250. The van der Waals surface area contributed by atoms with Gasteiger partial charge in [-0.2, -0.15) is 8.78 Å². The van der Waals surface area contributed by atoms with E-state index in [9.17, 15) is 18.4 Å². The summed E-state index contributed by atoms with van der Waals surface area (Å²) in [6, 6.07) is 7.26. The van der Waals surface area contributed by atoms with Gasteiger partial charge >= 0.3 is 6.61 Å². The number of alkyl halides is 2. The number of aromatic nitrogens is 1. The number of hydrogen-bond donors (Lipinski definition) is 2. The van der Waals surface area contributed by atoms with Gasteiger partial charge in [0, 0.05) is 17.7 Å². The summed E-state index contributed by atoms with van der Waals surface area (Å²) >= 11 is 1.26. The summed E-state index contributed by atoms with van der Waals surface area (Å²) in [4.78, 5) is 28.9. The first-order valence-electron chi connectivity index (χ1n) is 9.34. The Morgan fingerprint density at radius 1 is 1.16 bits per heavy atom. The summed E-state index contributed by atoms with van der Waals surface area (Å²) in [5.74, 6) is -0.0947. The molecule has 168 valence electrons. The molecule has 0 radical (unpaired) electrons. The minimum atomic E-state index is -3.03. The summed E-state index contributed by atoms with van der Waals surface area (Å²) in [5.41, 5.74) is 0.763. The zero-order valence-corrected chi connectivity index (χ0v) is 17.5. The number of anilines is 1. The number of ether oxygens (including phenoxy) is 4. The maximum Gasteiger partial charge on any atom is 0.387 e. The third-order valence-corrected chi connectivity index (χ3v) is 5.28. The Morgan fingerprint density at radius 2 is 1.91 bits per heavy atom. The van der Waals surface area contributed by atoms with Crippen LogP contribution in [0, 0.1) is 0 Å². The molecule has 2 N–H and O–H groups in total. The third kappa shape index (κ3) is 4.80. The van der Waals surface area contributed by atoms with Crippen LogP contribution in [0.5, 0.6) is 23.0 Å². The Balaban J connectivity index is 1.37. The molecule has 2 aromatic carbocycles. The number of carbonyl (C=O) groups is 2. The molecular weight excluding hydrogens is 448 g/mol. The van der Waals surface area contributed by atoms with E-state index in [2.05, 4.69) is 20.4 Å². The monoisotopic (exact) mass is 465 g/mol. The largest absolute Gasteiger partial charge is 0.493 e. The number of nitrogens with zero attached hydrogens (tertiary/aromatic N) is 1. The minimum Gasteiger partial charge on any atom is -0.493 e. The molecule has 0 fully saturated rings. The lowest BCUT2D eigenvalue weighted by Crippen LogP contribution is -2.32. The predicted molar refractivity (Wildman–Crippen MR) is 111 cm³/mol. The summed E-state index contributed by atoms with van der Waals surface area (Å²) in [5, 5.41) is 5.43. The molecule has 0 bridgehead atoms. The van der Waals surface area contributed by atoms with E-state index in [0.717, 1.165) is 4.70 Å². The second kappa shape index (κ2) is 9.22. The average molecular weight is 465 g/mol. The number of benzene rings is 2. The predicted octanol–water partition coefficient (Wildman–Crippen LogP) is 3.05. The maximum atomic E-state index is 12.4. The first-order valence-corrected chi connectivity index (χ1v) is 10.2. The van der Waals surface area contributed by atoms with Crippen LogP contribution >= 0.6 is 11.3 Å². The highest BCUT2D eigenvalue weighted by Crippen LogP contribution is 2.37. The molecular formula is C20H17F2N3O6S. The van der Waals surface area contributed by atoms with Crippen LogP contribution in [-0.2, 0) is 4.79 Å². The van der Waals surface area contributed by atoms with Crippen LogP contribution in [0.4, 0.5) is 13.9 Å². The summed E-state index contributed by atoms with van der Waals surface area (Å²) in [6.45, 7) is -2.43. The van der Waals surface area contributed by atoms with Gasteiger partial charge in [0.2, 0.25) is 5.91 Å². The number of hydrogen-bond acceptors (Lipinski definition) is 8. The smallest absolute Gasteiger partial charge is 0.387 e. The lowest BCUT2D eigenvalue weighted by molar-refractivity contribution is -0.115. The van der Waals surface area contributed by atoms with E-state index >= 15 is 0 Å². The first-order chi connectivity index (χ1) is 15.4. The van der Waals surface area contributed by atoms with Gasteiger partial charge in [-0.25, -0.2) is 4.98 Å². The van der Waals surface area contributed by atoms with Crippen molar-refractivity contribution in [3.63, 3.8) is 0 Å². The van der Waals surface area contributed by atoms with Gasteiger partial charge in [-0.1, -0.05) is 11.3 Å². The zero-order chi connectivity index (χ0) is 22.7. The molecule has 0 aliphatic carbocycles. The van der Waals surface area contributed by atoms with Crippen LogP contribution in [-0.4, -0.2) is 50.3 Å². The Labute approximate surface area is 184 Å². The average Bonchev–Trinajstić information content (AvgIpc) is 3.16. The zero-order valence-electron chi connectivity index (χ0n) is 16.6. The minimum absolute atomic E-state index is 0.0347. The molecule has 0 atom stereocenters. The van der Waals surface area contributed by atoms with Crippen LogP contribution in [0.2, 0.25) is 0 Å². The van der Waals surface area contributed by atoms with Crippen molar-refractivity contribution in [2.45, 2.75) is 6.61 Å². The van der Waals surface area contributed by atoms with Crippen molar-refractivity contribution >= 4 is 38.5 Å². The molecule has 12 heteroatoms. The standard InChI is InChI=1S/C20H17F2N3O6S/c1-28-13-6-10(2-3-12(13)31-19(21)22)18(27)23-9-17(26)25-20-24-11-7-14-15(8-16(11)32-20)30-5-4-29-14/h2-3,6-8,19H,4-5,9H2,1H3,(H,23,27)(H,24,25,26). The Bertz CT molecular complexity index is 1130. The number of methoxy groups -OCH3 is 1. The molecule has 1 aliphatic heterocycles. The number of nitrogens with one attached hydrogen (secondary N) is 2. The fourth-order valence-electron chi connectivity index (χ4n) is 2.95. The van der Waals surface area contributed by atoms with E-state index in [1.807, 2.05) is 0 Å². The van der Waals surface area contributed by atoms with Crippen molar-refractivity contribution in [1.82, 2.24) is 10.3 Å². The first kappa shape index (κ1) is 21.6. The molecule has 0 saturated heterocycles. The lowest BCUT2D eigenvalue weighted by Gasteiger charge is -2.17. The van der Waals surface area contributed by atoms with Crippen LogP contribution < -0.4 is 29.6 Å². The molecule has 0 saturated carbocycles. The summed E-state index contributed by atoms with van der Waals surface area (Å²) in [6.07, 6.45) is 0. The molecule has 2 heterocycles. The molecule has 32 heavy (non-hydrogen) atoms. The molecule has 0 spiro atoms. The van der Waals surface area contributed by atoms with Crippen LogP contribution in [0.15, 0.2) is 30.3 Å². The van der Waals surface area contributed by atoms with Crippen molar-refractivity contribution in [3.8, 4) is 23.0 Å². The van der Waals surface area contributed by atoms with Crippen LogP contribution in [0.25, 0.3) is 10.2 Å². The molecule has 2 amide bonds. The van der Waals surface area contributed by atoms with Crippen molar-refractivity contribution in [1.29, 1.82) is 0 Å². The van der Waals surface area contributed by atoms with Gasteiger partial charge < -0.3 is 29.6 Å². The number of thiazole rings is 1. The van der Waals surface area contributed by atoms with E-state index in [1.165, 1.54) is 36.6 Å². The fourth-order valence-corrected chi connectivity index (χ4v) is 3.84. The number of rotatable bonds is 7. The lowest BCUT2D eigenvalue weighted by atomic mass is 10.2. The summed E-state index contributed by atoms with van der Waals surface area (Å²) in [7, 11) is 1.26. The van der Waals surface area contributed by atoms with Crippen molar-refractivity contribution < 1.29 is 37.3 Å². The van der Waals surface area contributed by atoms with Crippen molar-refractivity contribution in [2.24, 2.45) is 0 Å². The third-order valence-electron chi connectivity index (χ3n) is 4.35. The SMILES string of the molecule is COc1cc(C(=O)NCC(=O)Nc2nc3cc4c(cc3s2)OCCO4)ccc1OC(F)F. The molecule has 0 unspecified atom stereocenters. The van der Waals surface area contributed by atoms with Gasteiger partial charge in [0.15, 0.2) is 28.1 Å². The highest BCUT2D eigenvalue weighted by atomic mass is 32.1. The second-order valence-corrected chi connectivity index (χ2v) is 7.49. The van der Waals surface area contributed by atoms with E-state index < -0.39 is 18.4 Å². The number of amides is 2. The second-order valence-electron chi connectivity index (χ2n) is 6.46. The van der Waals surface area contributed by atoms with E-state index in [0.29, 0.717) is 35.4 Å². The topological polar surface area (TPSA) is 108 Å². The van der Waals surface area contributed by atoms with Gasteiger partial charge in [0.1, 0.15) is 13.2 Å². The molecule has 3 aromatic rings. The van der Waals surface area contributed by atoms with Crippen molar-refractivity contribution in [2.75, 3.05) is 32.2 Å². The van der Waals surface area contributed by atoms with E-state index in [-0.39, 0.29) is 23.6 Å². The van der Waals surface area contributed by atoms with Gasteiger partial charge in [0.25, 0.3) is 5.91 Å². The Morgan fingerprint density at radius 3 is 2.62 bits per heavy atom. The highest BCUT2D eigenvalue weighted by Gasteiger charge is 2.17. The summed E-state index contributed by atoms with van der Waals surface area (Å²) < 4.78 is 46.0. The van der Waals surface area contributed by atoms with Crippen LogP contribution in [0.3, 0.4) is 0 Å². The van der Waals surface area contributed by atoms with E-state index in [1.54, 1.807) is 12.1 Å². The maximum absolute atomic E-state index is 12.4. The number of carbonyl (C=O) groups excluding carboxylic acids is 2. The van der Waals surface area contributed by atoms with Crippen LogP contribution in [0.1, 0.15) is 10.4 Å². The number of halogens is 2. The van der Waals surface area contributed by atoms with Gasteiger partial charge in [-0.15, -0.1) is 0 Å². The Kier molecular flexibility index (Phi) is 6.21. The highest BCUT2D eigenvalue weighted by molar-refractivity contribution is 7.22. The molecule has 1 aromatic heterocycles. The normalized spacial score (nSPS) is 12.5. The van der Waals surface area contributed by atoms with Gasteiger partial charge in [0.05, 0.1) is 23.9 Å². The van der Waals surface area contributed by atoms with Crippen molar-refractivity contribution in [3.05, 3.63) is 35.9 Å². The van der Waals surface area contributed by atoms with Gasteiger partial charge in [-0.3, -0.25) is 9.59 Å². The molecule has 1 aliphatic rings. The molecule has 9 nitrogen and oxygen atoms in total. The quantitative estimate of drug-likeness (QED) is 0.552. The van der Waals surface area contributed by atoms with Gasteiger partial charge in [-0.05, 0) is 18.2 Å². The number of fused-ring (bicyclic) bond motifs is 2. The van der Waals surface area contributed by atoms with E-state index in [4.69, 9.17) is 14.2 Å². The molecule has 4 rings (SSSR count). The Hall–Kier alpha value is -3.67.